The second-order valence-electron chi connectivity index (χ2n) is 8.21. The van der Waals surface area contributed by atoms with E-state index in [1.807, 2.05) is 6.92 Å². The van der Waals surface area contributed by atoms with Crippen LogP contribution in [0.4, 0.5) is 0 Å². The van der Waals surface area contributed by atoms with E-state index < -0.39 is 5.60 Å². The molecule has 0 amide bonds. The summed E-state index contributed by atoms with van der Waals surface area (Å²) < 4.78 is 11.1. The molecule has 5 atom stereocenters. The van der Waals surface area contributed by atoms with Crippen LogP contribution in [0.2, 0.25) is 0 Å². The van der Waals surface area contributed by atoms with Crippen LogP contribution in [0, 0.1) is 11.3 Å². The lowest BCUT2D eigenvalue weighted by Gasteiger charge is -2.57. The predicted molar refractivity (Wildman–Crippen MR) is 92.6 cm³/mol. The van der Waals surface area contributed by atoms with Crippen molar-refractivity contribution in [3.05, 3.63) is 22.8 Å². The highest BCUT2D eigenvalue weighted by atomic mass is 16.6. The fourth-order valence-electron chi connectivity index (χ4n) is 4.69. The zero-order valence-corrected chi connectivity index (χ0v) is 15.7. The lowest BCUT2D eigenvalue weighted by atomic mass is 9.51. The lowest BCUT2D eigenvalue weighted by molar-refractivity contribution is -0.200. The van der Waals surface area contributed by atoms with Crippen LogP contribution < -0.4 is 0 Å². The van der Waals surface area contributed by atoms with Gasteiger partial charge in [0.25, 0.3) is 0 Å². The molecule has 2 saturated carbocycles. The van der Waals surface area contributed by atoms with Gasteiger partial charge in [0, 0.05) is 29.4 Å². The van der Waals surface area contributed by atoms with Crippen molar-refractivity contribution in [2.75, 3.05) is 0 Å². The first kappa shape index (κ1) is 18.2. The third-order valence-corrected chi connectivity index (χ3v) is 6.87. The summed E-state index contributed by atoms with van der Waals surface area (Å²) in [6, 6.07) is 0. The molecule has 1 N–H and O–H groups in total. The number of esters is 2. The molecule has 5 nitrogen and oxygen atoms in total. The SMILES string of the molecule is CC=C(C)C(=O)OC1CC(C)C2(C)CC3=C(C)C(=O)OC3CC2(O)C1. The summed E-state index contributed by atoms with van der Waals surface area (Å²) in [5, 5.41) is 11.5. The highest BCUT2D eigenvalue weighted by molar-refractivity contribution is 5.91. The topological polar surface area (TPSA) is 72.8 Å². The average Bonchev–Trinajstić information content (AvgIpc) is 2.79. The summed E-state index contributed by atoms with van der Waals surface area (Å²) in [4.78, 5) is 24.0. The molecule has 0 bridgehead atoms. The monoisotopic (exact) mass is 348 g/mol. The van der Waals surface area contributed by atoms with E-state index in [1.165, 1.54) is 0 Å². The minimum Gasteiger partial charge on any atom is -0.459 e. The van der Waals surface area contributed by atoms with Crippen molar-refractivity contribution in [2.45, 2.75) is 78.1 Å². The fourth-order valence-corrected chi connectivity index (χ4v) is 4.69. The Hall–Kier alpha value is -1.62. The summed E-state index contributed by atoms with van der Waals surface area (Å²) in [6.07, 6.45) is 3.20. The molecule has 0 aromatic heterocycles. The van der Waals surface area contributed by atoms with Gasteiger partial charge in [-0.2, -0.15) is 0 Å². The Morgan fingerprint density at radius 2 is 2.08 bits per heavy atom. The van der Waals surface area contributed by atoms with Crippen LogP contribution in [0.1, 0.15) is 60.3 Å². The molecule has 2 fully saturated rings. The number of hydrogen-bond acceptors (Lipinski definition) is 5. The molecule has 1 aliphatic heterocycles. The van der Waals surface area contributed by atoms with Crippen LogP contribution >= 0.6 is 0 Å². The van der Waals surface area contributed by atoms with E-state index in [2.05, 4.69) is 13.8 Å². The number of hydrogen-bond donors (Lipinski definition) is 1. The van der Waals surface area contributed by atoms with E-state index in [0.29, 0.717) is 36.8 Å². The highest BCUT2D eigenvalue weighted by Gasteiger charge is 2.61. The number of carbonyl (C=O) groups is 2. The molecule has 0 aromatic rings. The average molecular weight is 348 g/mol. The Morgan fingerprint density at radius 1 is 1.40 bits per heavy atom. The van der Waals surface area contributed by atoms with Gasteiger partial charge in [-0.25, -0.2) is 9.59 Å². The molecule has 5 heteroatoms. The standard InChI is InChI=1S/C20H28O5/c1-6-11(2)17(21)24-14-7-12(3)19(5)9-15-13(4)18(22)25-16(15)10-20(19,23)8-14/h6,12,14,16,23H,7-10H2,1-5H3. The number of ether oxygens (including phenoxy) is 2. The zero-order valence-electron chi connectivity index (χ0n) is 15.7. The maximum absolute atomic E-state index is 12.1. The first-order chi connectivity index (χ1) is 11.6. The molecule has 0 saturated heterocycles. The second-order valence-corrected chi connectivity index (χ2v) is 8.21. The van der Waals surface area contributed by atoms with Crippen molar-refractivity contribution >= 4 is 11.9 Å². The van der Waals surface area contributed by atoms with Crippen LogP contribution in [-0.4, -0.2) is 34.9 Å². The van der Waals surface area contributed by atoms with Crippen LogP contribution in [0.15, 0.2) is 22.8 Å². The van der Waals surface area contributed by atoms with Gasteiger partial charge < -0.3 is 14.6 Å². The van der Waals surface area contributed by atoms with Crippen molar-refractivity contribution < 1.29 is 24.2 Å². The number of rotatable bonds is 2. The quantitative estimate of drug-likeness (QED) is 0.613. The number of fused-ring (bicyclic) bond motifs is 2. The van der Waals surface area contributed by atoms with Crippen LogP contribution in [0.25, 0.3) is 0 Å². The van der Waals surface area contributed by atoms with Gasteiger partial charge in [0.15, 0.2) is 0 Å². The molecule has 5 unspecified atom stereocenters. The van der Waals surface area contributed by atoms with Gasteiger partial charge in [0.05, 0.1) is 5.60 Å². The largest absolute Gasteiger partial charge is 0.459 e. The summed E-state index contributed by atoms with van der Waals surface area (Å²) in [5.74, 6) is -0.441. The van der Waals surface area contributed by atoms with E-state index in [1.54, 1.807) is 19.9 Å². The van der Waals surface area contributed by atoms with Crippen LogP contribution in [0.3, 0.4) is 0 Å². The smallest absolute Gasteiger partial charge is 0.334 e. The van der Waals surface area contributed by atoms with E-state index >= 15 is 0 Å². The second kappa shape index (κ2) is 5.97. The normalized spacial score (nSPS) is 41.1. The molecular weight excluding hydrogens is 320 g/mol. The summed E-state index contributed by atoms with van der Waals surface area (Å²) in [7, 11) is 0. The van der Waals surface area contributed by atoms with E-state index in [4.69, 9.17) is 9.47 Å². The van der Waals surface area contributed by atoms with Gasteiger partial charge in [0.2, 0.25) is 0 Å². The Bertz CT molecular complexity index is 676. The van der Waals surface area contributed by atoms with Crippen LogP contribution in [-0.2, 0) is 19.1 Å². The van der Waals surface area contributed by atoms with E-state index in [-0.39, 0.29) is 35.5 Å². The summed E-state index contributed by atoms with van der Waals surface area (Å²) in [5.41, 5.74) is 0.926. The van der Waals surface area contributed by atoms with Crippen molar-refractivity contribution in [3.63, 3.8) is 0 Å². The molecule has 2 aliphatic carbocycles. The van der Waals surface area contributed by atoms with E-state index in [9.17, 15) is 14.7 Å². The molecule has 0 aromatic carbocycles. The van der Waals surface area contributed by atoms with Crippen molar-refractivity contribution in [1.29, 1.82) is 0 Å². The zero-order chi connectivity index (χ0) is 18.6. The molecule has 3 aliphatic rings. The molecule has 138 valence electrons. The van der Waals surface area contributed by atoms with Gasteiger partial charge >= 0.3 is 11.9 Å². The minimum atomic E-state index is -1.02. The third kappa shape index (κ3) is 2.73. The first-order valence-corrected chi connectivity index (χ1v) is 9.08. The number of carbonyl (C=O) groups excluding carboxylic acids is 2. The third-order valence-electron chi connectivity index (χ3n) is 6.87. The summed E-state index contributed by atoms with van der Waals surface area (Å²) in [6.45, 7) is 9.53. The summed E-state index contributed by atoms with van der Waals surface area (Å²) >= 11 is 0. The van der Waals surface area contributed by atoms with Crippen molar-refractivity contribution in [2.24, 2.45) is 11.3 Å². The van der Waals surface area contributed by atoms with Gasteiger partial charge in [-0.15, -0.1) is 0 Å². The van der Waals surface area contributed by atoms with Gasteiger partial charge in [-0.1, -0.05) is 19.9 Å². The Morgan fingerprint density at radius 3 is 2.72 bits per heavy atom. The fraction of sp³-hybridized carbons (Fsp3) is 0.700. The molecule has 0 spiro atoms. The van der Waals surface area contributed by atoms with Gasteiger partial charge in [-0.05, 0) is 45.1 Å². The van der Waals surface area contributed by atoms with Gasteiger partial charge in [-0.3, -0.25) is 0 Å². The molecule has 1 heterocycles. The highest BCUT2D eigenvalue weighted by Crippen LogP contribution is 2.59. The van der Waals surface area contributed by atoms with E-state index in [0.717, 1.165) is 5.57 Å². The van der Waals surface area contributed by atoms with Crippen LogP contribution in [0.5, 0.6) is 0 Å². The maximum Gasteiger partial charge on any atom is 0.334 e. The van der Waals surface area contributed by atoms with Crippen molar-refractivity contribution in [1.82, 2.24) is 0 Å². The molecule has 3 rings (SSSR count). The Labute approximate surface area is 149 Å². The number of allylic oxidation sites excluding steroid dienone is 1. The maximum atomic E-state index is 12.1. The first-order valence-electron chi connectivity index (χ1n) is 9.08. The molecule has 25 heavy (non-hydrogen) atoms. The Balaban J connectivity index is 1.85. The lowest BCUT2D eigenvalue weighted by Crippen LogP contribution is -2.61. The Kier molecular flexibility index (Phi) is 4.34. The molecule has 0 radical (unpaired) electrons. The van der Waals surface area contributed by atoms with Crippen molar-refractivity contribution in [3.8, 4) is 0 Å². The molecular formula is C20H28O5. The minimum absolute atomic E-state index is 0.159. The predicted octanol–water partition coefficient (Wildman–Crippen LogP) is 3.07. The number of aliphatic hydroxyl groups is 1. The van der Waals surface area contributed by atoms with Gasteiger partial charge in [0.1, 0.15) is 12.2 Å².